The fraction of sp³-hybridized carbons (Fsp3) is 0.750. The highest BCUT2D eigenvalue weighted by Crippen LogP contribution is 2.37. The predicted molar refractivity (Wildman–Crippen MR) is 28.5 cm³/mol. The molecule has 40 valence electrons. The molecule has 0 aromatic carbocycles. The third kappa shape index (κ3) is 0.938. The standard InChI is InChI=1S/C4H5BrO2/c5-3-1-2(3)4(6)7/h2-3H,1H2,(H,6,7)/t2-,3+/m1/s1. The fourth-order valence-corrected chi connectivity index (χ4v) is 1.05. The second-order valence-corrected chi connectivity index (χ2v) is 2.87. The van der Waals surface area contributed by atoms with Gasteiger partial charge in [0.2, 0.25) is 0 Å². The number of halogens is 1. The molecule has 7 heavy (non-hydrogen) atoms. The predicted octanol–water partition coefficient (Wildman–Crippen LogP) is 0.854. The molecule has 0 radical (unpaired) electrons. The summed E-state index contributed by atoms with van der Waals surface area (Å²) in [4.78, 5) is 10.2. The van der Waals surface area contributed by atoms with Gasteiger partial charge in [0.05, 0.1) is 5.92 Å². The summed E-state index contributed by atoms with van der Waals surface area (Å²) in [6, 6.07) is 0. The molecular formula is C4H5BrO2. The molecule has 0 bridgehead atoms. The van der Waals surface area contributed by atoms with Gasteiger partial charge in [-0.15, -0.1) is 0 Å². The van der Waals surface area contributed by atoms with Crippen molar-refractivity contribution in [1.82, 2.24) is 0 Å². The molecule has 1 aliphatic rings. The molecular weight excluding hydrogens is 160 g/mol. The van der Waals surface area contributed by atoms with E-state index in [0.717, 1.165) is 6.42 Å². The smallest absolute Gasteiger partial charge is 0.307 e. The Morgan fingerprint density at radius 2 is 2.29 bits per heavy atom. The van der Waals surface area contributed by atoms with Gasteiger partial charge in [-0.05, 0) is 6.42 Å². The summed E-state index contributed by atoms with van der Waals surface area (Å²) >= 11 is 3.17. The van der Waals surface area contributed by atoms with Crippen molar-refractivity contribution in [2.75, 3.05) is 0 Å². The highest BCUT2D eigenvalue weighted by molar-refractivity contribution is 9.09. The van der Waals surface area contributed by atoms with E-state index >= 15 is 0 Å². The van der Waals surface area contributed by atoms with Crippen LogP contribution >= 0.6 is 15.9 Å². The van der Waals surface area contributed by atoms with E-state index in [-0.39, 0.29) is 10.7 Å². The van der Waals surface area contributed by atoms with Crippen molar-refractivity contribution >= 4 is 21.9 Å². The minimum absolute atomic E-state index is 0.0972. The van der Waals surface area contributed by atoms with E-state index in [1.165, 1.54) is 0 Å². The normalized spacial score (nSPS) is 37.9. The molecule has 1 rings (SSSR count). The van der Waals surface area contributed by atoms with Gasteiger partial charge in [0.1, 0.15) is 0 Å². The van der Waals surface area contributed by atoms with Gasteiger partial charge in [-0.2, -0.15) is 0 Å². The number of carboxylic acid groups (broad SMARTS) is 1. The molecule has 0 amide bonds. The number of alkyl halides is 1. The summed E-state index contributed by atoms with van der Waals surface area (Å²) in [5.41, 5.74) is 0. The van der Waals surface area contributed by atoms with E-state index in [1.54, 1.807) is 0 Å². The van der Waals surface area contributed by atoms with Crippen LogP contribution in [0.5, 0.6) is 0 Å². The Morgan fingerprint density at radius 3 is 2.29 bits per heavy atom. The average molecular weight is 165 g/mol. The van der Waals surface area contributed by atoms with Crippen LogP contribution in [0.1, 0.15) is 6.42 Å². The van der Waals surface area contributed by atoms with E-state index in [9.17, 15) is 4.79 Å². The van der Waals surface area contributed by atoms with Crippen LogP contribution in [0.2, 0.25) is 0 Å². The summed E-state index contributed by atoms with van der Waals surface area (Å²) in [5, 5.41) is 8.19. The van der Waals surface area contributed by atoms with Crippen molar-refractivity contribution in [3.8, 4) is 0 Å². The molecule has 3 heteroatoms. The molecule has 2 nitrogen and oxygen atoms in total. The summed E-state index contributed by atoms with van der Waals surface area (Å²) in [5.74, 6) is -0.776. The number of carbonyl (C=O) groups is 1. The lowest BCUT2D eigenvalue weighted by Crippen LogP contribution is -1.97. The molecule has 0 aromatic rings. The van der Waals surface area contributed by atoms with Crippen LogP contribution in [0.3, 0.4) is 0 Å². The first-order chi connectivity index (χ1) is 3.22. The van der Waals surface area contributed by atoms with Gasteiger partial charge in [0.25, 0.3) is 0 Å². The summed E-state index contributed by atoms with van der Waals surface area (Å²) in [7, 11) is 0. The summed E-state index contributed by atoms with van der Waals surface area (Å²) < 4.78 is 0. The topological polar surface area (TPSA) is 37.3 Å². The van der Waals surface area contributed by atoms with Gasteiger partial charge in [-0.3, -0.25) is 4.79 Å². The van der Waals surface area contributed by atoms with E-state index in [2.05, 4.69) is 15.9 Å². The van der Waals surface area contributed by atoms with Crippen molar-refractivity contribution in [3.05, 3.63) is 0 Å². The van der Waals surface area contributed by atoms with Gasteiger partial charge in [-0.25, -0.2) is 0 Å². The lowest BCUT2D eigenvalue weighted by Gasteiger charge is -1.78. The van der Waals surface area contributed by atoms with Gasteiger partial charge in [0, 0.05) is 4.83 Å². The summed E-state index contributed by atoms with van der Waals surface area (Å²) in [6.45, 7) is 0. The minimum atomic E-state index is -0.679. The Balaban J connectivity index is 2.33. The van der Waals surface area contributed by atoms with E-state index in [4.69, 9.17) is 5.11 Å². The van der Waals surface area contributed by atoms with Crippen molar-refractivity contribution < 1.29 is 9.90 Å². The largest absolute Gasteiger partial charge is 0.481 e. The maximum Gasteiger partial charge on any atom is 0.307 e. The fourth-order valence-electron chi connectivity index (χ4n) is 0.420. The average Bonchev–Trinajstić information content (AvgIpc) is 2.17. The van der Waals surface area contributed by atoms with Crippen molar-refractivity contribution in [1.29, 1.82) is 0 Å². The second kappa shape index (κ2) is 1.47. The van der Waals surface area contributed by atoms with Crippen LogP contribution in [-0.4, -0.2) is 15.9 Å². The van der Waals surface area contributed by atoms with E-state index < -0.39 is 5.97 Å². The minimum Gasteiger partial charge on any atom is -0.481 e. The molecule has 0 spiro atoms. The van der Waals surface area contributed by atoms with Crippen molar-refractivity contribution in [3.63, 3.8) is 0 Å². The van der Waals surface area contributed by atoms with Gasteiger partial charge >= 0.3 is 5.97 Å². The highest BCUT2D eigenvalue weighted by atomic mass is 79.9. The zero-order chi connectivity index (χ0) is 5.44. The zero-order valence-electron chi connectivity index (χ0n) is 3.60. The molecule has 0 aliphatic heterocycles. The maximum absolute atomic E-state index is 9.94. The molecule has 0 heterocycles. The van der Waals surface area contributed by atoms with E-state index in [0.29, 0.717) is 0 Å². The van der Waals surface area contributed by atoms with Crippen molar-refractivity contribution in [2.45, 2.75) is 11.2 Å². The Hall–Kier alpha value is -0.0500. The molecule has 1 aliphatic carbocycles. The highest BCUT2D eigenvalue weighted by Gasteiger charge is 2.40. The lowest BCUT2D eigenvalue weighted by atomic mass is 10.5. The molecule has 0 unspecified atom stereocenters. The number of carboxylic acids is 1. The molecule has 1 N–H and O–H groups in total. The van der Waals surface area contributed by atoms with Crippen molar-refractivity contribution in [2.24, 2.45) is 5.92 Å². The molecule has 1 saturated carbocycles. The van der Waals surface area contributed by atoms with Crippen LogP contribution in [0.4, 0.5) is 0 Å². The van der Waals surface area contributed by atoms with Crippen LogP contribution in [-0.2, 0) is 4.79 Å². The Labute approximate surface area is 49.7 Å². The lowest BCUT2D eigenvalue weighted by molar-refractivity contribution is -0.138. The first-order valence-corrected chi connectivity index (χ1v) is 3.00. The number of hydrogen-bond acceptors (Lipinski definition) is 1. The zero-order valence-corrected chi connectivity index (χ0v) is 5.18. The third-order valence-electron chi connectivity index (χ3n) is 1.03. The SMILES string of the molecule is O=C(O)[C@@H]1C[C@@H]1Br. The monoisotopic (exact) mass is 164 g/mol. The molecule has 0 aromatic heterocycles. The third-order valence-corrected chi connectivity index (χ3v) is 2.04. The van der Waals surface area contributed by atoms with Crippen LogP contribution in [0, 0.1) is 5.92 Å². The first-order valence-electron chi connectivity index (χ1n) is 2.08. The number of hydrogen-bond donors (Lipinski definition) is 1. The number of rotatable bonds is 1. The quantitative estimate of drug-likeness (QED) is 0.585. The molecule has 1 fully saturated rings. The molecule has 2 atom stereocenters. The Morgan fingerprint density at radius 1 is 1.86 bits per heavy atom. The Kier molecular flexibility index (Phi) is 1.07. The summed E-state index contributed by atoms with van der Waals surface area (Å²) in [6.07, 6.45) is 0.801. The van der Waals surface area contributed by atoms with Gasteiger partial charge < -0.3 is 5.11 Å². The van der Waals surface area contributed by atoms with Gasteiger partial charge in [-0.1, -0.05) is 15.9 Å². The van der Waals surface area contributed by atoms with Crippen LogP contribution in [0.25, 0.3) is 0 Å². The second-order valence-electron chi connectivity index (χ2n) is 1.70. The maximum atomic E-state index is 9.94. The molecule has 0 saturated heterocycles. The van der Waals surface area contributed by atoms with Gasteiger partial charge in [0.15, 0.2) is 0 Å². The first kappa shape index (κ1) is 5.09. The van der Waals surface area contributed by atoms with E-state index in [1.807, 2.05) is 0 Å². The Bertz CT molecular complexity index is 102. The van der Waals surface area contributed by atoms with Crippen LogP contribution in [0.15, 0.2) is 0 Å². The number of aliphatic carboxylic acids is 1. The van der Waals surface area contributed by atoms with Crippen LogP contribution < -0.4 is 0 Å².